The molecular weight excluding hydrogens is 572 g/mol. The Morgan fingerprint density at radius 2 is 1.49 bits per heavy atom. The predicted octanol–water partition coefficient (Wildman–Crippen LogP) is 4.73. The molecular formula is C32H38N2O8S. The fraction of sp³-hybridized carbons (Fsp3) is 0.375. The first-order valence-electron chi connectivity index (χ1n) is 14.2. The average Bonchev–Trinajstić information content (AvgIpc) is 3.03. The van der Waals surface area contributed by atoms with Gasteiger partial charge in [-0.1, -0.05) is 13.8 Å². The summed E-state index contributed by atoms with van der Waals surface area (Å²) >= 11 is 0. The second-order valence-corrected chi connectivity index (χ2v) is 11.8. The van der Waals surface area contributed by atoms with Crippen LogP contribution in [-0.2, 0) is 21.2 Å². The van der Waals surface area contributed by atoms with Crippen LogP contribution in [0.15, 0.2) is 65.6 Å². The van der Waals surface area contributed by atoms with Crippen molar-refractivity contribution in [2.45, 2.75) is 38.1 Å². The summed E-state index contributed by atoms with van der Waals surface area (Å²) in [5.41, 5.74) is 2.65. The van der Waals surface area contributed by atoms with Crippen LogP contribution in [0.5, 0.6) is 17.2 Å². The van der Waals surface area contributed by atoms with Gasteiger partial charge in [-0.15, -0.1) is 0 Å². The number of methoxy groups -OCH3 is 2. The maximum absolute atomic E-state index is 13.9. The van der Waals surface area contributed by atoms with Gasteiger partial charge in [0.05, 0.1) is 37.3 Å². The molecule has 0 spiro atoms. The summed E-state index contributed by atoms with van der Waals surface area (Å²) < 4.78 is 49.6. The van der Waals surface area contributed by atoms with E-state index in [-0.39, 0.29) is 24.0 Å². The van der Waals surface area contributed by atoms with Gasteiger partial charge in [-0.2, -0.15) is 4.31 Å². The van der Waals surface area contributed by atoms with Gasteiger partial charge < -0.3 is 23.8 Å². The van der Waals surface area contributed by atoms with Gasteiger partial charge in [-0.25, -0.2) is 13.2 Å². The predicted molar refractivity (Wildman–Crippen MR) is 161 cm³/mol. The van der Waals surface area contributed by atoms with Gasteiger partial charge in [-0.3, -0.25) is 4.79 Å². The number of esters is 1. The highest BCUT2D eigenvalue weighted by molar-refractivity contribution is 7.89. The highest BCUT2D eigenvalue weighted by atomic mass is 32.2. The lowest BCUT2D eigenvalue weighted by Gasteiger charge is -2.37. The standard InChI is InChI=1S/C32H38N2O8S/c1-6-33(7-2)43(37,38)26-15-11-22(12-16-26)31(35)34-18-17-24-19-29(39-4)30(40-5)20-27(24)28(34)21-42-25-13-9-23(10-14-25)32(36)41-8-3/h9-16,19-20,28H,6-8,17-18,21H2,1-5H3. The molecule has 1 amide bonds. The van der Waals surface area contributed by atoms with E-state index in [9.17, 15) is 18.0 Å². The molecule has 0 bridgehead atoms. The number of carbonyl (C=O) groups excluding carboxylic acids is 2. The molecule has 0 N–H and O–H groups in total. The molecule has 4 rings (SSSR count). The smallest absolute Gasteiger partial charge is 0.338 e. The van der Waals surface area contributed by atoms with Crippen LogP contribution in [0.2, 0.25) is 0 Å². The molecule has 10 nitrogen and oxygen atoms in total. The molecule has 1 unspecified atom stereocenters. The molecule has 230 valence electrons. The zero-order valence-electron chi connectivity index (χ0n) is 25.2. The molecule has 3 aromatic rings. The number of ether oxygens (including phenoxy) is 4. The Morgan fingerprint density at radius 1 is 0.884 bits per heavy atom. The Morgan fingerprint density at radius 3 is 2.07 bits per heavy atom. The van der Waals surface area contributed by atoms with Gasteiger partial charge in [-0.05, 0) is 85.1 Å². The van der Waals surface area contributed by atoms with E-state index in [0.717, 1.165) is 11.1 Å². The van der Waals surface area contributed by atoms with Crippen molar-refractivity contribution in [1.29, 1.82) is 0 Å². The van der Waals surface area contributed by atoms with E-state index in [1.54, 1.807) is 76.3 Å². The van der Waals surface area contributed by atoms with Crippen LogP contribution in [0, 0.1) is 0 Å². The van der Waals surface area contributed by atoms with E-state index in [1.807, 2.05) is 12.1 Å². The number of hydrogen-bond acceptors (Lipinski definition) is 8. The maximum Gasteiger partial charge on any atom is 0.338 e. The van der Waals surface area contributed by atoms with Crippen molar-refractivity contribution >= 4 is 21.9 Å². The number of rotatable bonds is 12. The van der Waals surface area contributed by atoms with Crippen LogP contribution < -0.4 is 14.2 Å². The Labute approximate surface area is 253 Å². The first kappa shape index (κ1) is 31.8. The monoisotopic (exact) mass is 610 g/mol. The normalized spacial score (nSPS) is 14.7. The molecule has 0 saturated carbocycles. The number of fused-ring (bicyclic) bond motifs is 1. The van der Waals surface area contributed by atoms with Crippen LogP contribution in [0.3, 0.4) is 0 Å². The number of carbonyl (C=O) groups is 2. The van der Waals surface area contributed by atoms with Crippen LogP contribution in [0.4, 0.5) is 0 Å². The van der Waals surface area contributed by atoms with Crippen LogP contribution in [0.25, 0.3) is 0 Å². The lowest BCUT2D eigenvalue weighted by atomic mass is 9.91. The highest BCUT2D eigenvalue weighted by Crippen LogP contribution is 2.39. The Kier molecular flexibility index (Phi) is 10.3. The summed E-state index contributed by atoms with van der Waals surface area (Å²) in [6.07, 6.45) is 0.584. The van der Waals surface area contributed by atoms with Gasteiger partial charge >= 0.3 is 5.97 Å². The third kappa shape index (κ3) is 6.78. The summed E-state index contributed by atoms with van der Waals surface area (Å²) in [6, 6.07) is 16.0. The number of benzene rings is 3. The first-order valence-corrected chi connectivity index (χ1v) is 15.7. The minimum Gasteiger partial charge on any atom is -0.493 e. The van der Waals surface area contributed by atoms with Crippen molar-refractivity contribution in [3.05, 3.63) is 82.9 Å². The third-order valence-electron chi connectivity index (χ3n) is 7.48. The molecule has 43 heavy (non-hydrogen) atoms. The largest absolute Gasteiger partial charge is 0.493 e. The van der Waals surface area contributed by atoms with Gasteiger partial charge in [0.2, 0.25) is 10.0 Å². The highest BCUT2D eigenvalue weighted by Gasteiger charge is 2.34. The van der Waals surface area contributed by atoms with Gasteiger partial charge in [0.15, 0.2) is 11.5 Å². The molecule has 3 aromatic carbocycles. The summed E-state index contributed by atoms with van der Waals surface area (Å²) in [4.78, 5) is 27.8. The number of hydrogen-bond donors (Lipinski definition) is 0. The Hall–Kier alpha value is -4.09. The molecule has 0 aliphatic carbocycles. The number of amides is 1. The van der Waals surface area contributed by atoms with Crippen molar-refractivity contribution in [3.63, 3.8) is 0 Å². The van der Waals surface area contributed by atoms with Crippen LogP contribution in [-0.4, -0.2) is 76.6 Å². The molecule has 0 aromatic heterocycles. The quantitative estimate of drug-likeness (QED) is 0.271. The minimum atomic E-state index is -3.65. The van der Waals surface area contributed by atoms with Crippen LogP contribution in [0.1, 0.15) is 58.7 Å². The lowest BCUT2D eigenvalue weighted by Crippen LogP contribution is -2.42. The molecule has 0 saturated heterocycles. The van der Waals surface area contributed by atoms with Crippen molar-refractivity contribution in [3.8, 4) is 17.2 Å². The lowest BCUT2D eigenvalue weighted by molar-refractivity contribution is 0.0524. The molecule has 1 atom stereocenters. The van der Waals surface area contributed by atoms with E-state index >= 15 is 0 Å². The topological polar surface area (TPSA) is 112 Å². The van der Waals surface area contributed by atoms with E-state index in [2.05, 4.69) is 0 Å². The fourth-order valence-electron chi connectivity index (χ4n) is 5.18. The second kappa shape index (κ2) is 13.9. The van der Waals surface area contributed by atoms with Gasteiger partial charge in [0, 0.05) is 25.2 Å². The molecule has 0 fully saturated rings. The number of nitrogens with zero attached hydrogens (tertiary/aromatic N) is 2. The molecule has 1 aliphatic rings. The summed E-state index contributed by atoms with van der Waals surface area (Å²) in [5.74, 6) is 0.993. The van der Waals surface area contributed by atoms with E-state index in [4.69, 9.17) is 18.9 Å². The van der Waals surface area contributed by atoms with Crippen molar-refractivity contribution < 1.29 is 37.0 Å². The van der Waals surface area contributed by atoms with Crippen molar-refractivity contribution in [2.75, 3.05) is 47.1 Å². The zero-order chi connectivity index (χ0) is 31.1. The molecule has 11 heteroatoms. The van der Waals surface area contributed by atoms with Crippen LogP contribution >= 0.6 is 0 Å². The number of sulfonamides is 1. The summed E-state index contributed by atoms with van der Waals surface area (Å²) in [6.45, 7) is 6.85. The molecule has 0 radical (unpaired) electrons. The minimum absolute atomic E-state index is 0.126. The van der Waals surface area contributed by atoms with Crippen molar-refractivity contribution in [2.24, 2.45) is 0 Å². The van der Waals surface area contributed by atoms with Gasteiger partial charge in [0.1, 0.15) is 12.4 Å². The van der Waals surface area contributed by atoms with Crippen molar-refractivity contribution in [1.82, 2.24) is 9.21 Å². The summed E-state index contributed by atoms with van der Waals surface area (Å²) in [7, 11) is -0.518. The van der Waals surface area contributed by atoms with E-state index in [0.29, 0.717) is 54.4 Å². The summed E-state index contributed by atoms with van der Waals surface area (Å²) in [5, 5.41) is 0. The Balaban J connectivity index is 1.64. The average molecular weight is 611 g/mol. The maximum atomic E-state index is 13.9. The molecule has 1 heterocycles. The SMILES string of the molecule is CCOC(=O)c1ccc(OCC2c3cc(OC)c(OC)cc3CCN2C(=O)c2ccc(S(=O)(=O)N(CC)CC)cc2)cc1. The zero-order valence-corrected chi connectivity index (χ0v) is 26.0. The fourth-order valence-corrected chi connectivity index (χ4v) is 6.63. The van der Waals surface area contributed by atoms with Gasteiger partial charge in [0.25, 0.3) is 5.91 Å². The molecule has 1 aliphatic heterocycles. The first-order chi connectivity index (χ1) is 20.7. The third-order valence-corrected chi connectivity index (χ3v) is 9.55. The van der Waals surface area contributed by atoms with E-state index in [1.165, 1.54) is 16.4 Å². The second-order valence-electron chi connectivity index (χ2n) is 9.84. The Bertz CT molecular complexity index is 1530. The van der Waals surface area contributed by atoms with E-state index < -0.39 is 22.0 Å².